The molecule has 5 nitrogen and oxygen atoms in total. The van der Waals surface area contributed by atoms with E-state index in [9.17, 15) is 4.79 Å². The van der Waals surface area contributed by atoms with E-state index in [1.54, 1.807) is 20.3 Å². The number of benzene rings is 1. The van der Waals surface area contributed by atoms with Gasteiger partial charge in [0.05, 0.1) is 27.9 Å². The van der Waals surface area contributed by atoms with E-state index in [0.29, 0.717) is 18.0 Å². The summed E-state index contributed by atoms with van der Waals surface area (Å²) in [6.07, 6.45) is 1.14. The number of nitrogens with zero attached hydrogens (tertiary/aromatic N) is 1. The average Bonchev–Trinajstić information content (AvgIpc) is 2.38. The third-order valence-electron chi connectivity index (χ3n) is 2.15. The molecule has 17 heavy (non-hydrogen) atoms. The van der Waals surface area contributed by atoms with Crippen LogP contribution in [0.2, 0.25) is 0 Å². The molecule has 1 rings (SSSR count). The van der Waals surface area contributed by atoms with E-state index in [2.05, 4.69) is 9.73 Å². The zero-order chi connectivity index (χ0) is 12.7. The fourth-order valence-electron chi connectivity index (χ4n) is 1.25. The van der Waals surface area contributed by atoms with Crippen molar-refractivity contribution in [3.8, 4) is 11.5 Å². The molecule has 0 amide bonds. The molecule has 0 aromatic heterocycles. The van der Waals surface area contributed by atoms with Gasteiger partial charge in [-0.25, -0.2) is 4.79 Å². The summed E-state index contributed by atoms with van der Waals surface area (Å²) in [5.74, 6) is 0.909. The monoisotopic (exact) mass is 237 g/mol. The molecule has 1 aromatic carbocycles. The standard InChI is InChI=1S/C12H15NO4/c1-15-10-5-4-9(11(6-10)16-2)7-13-8-12(14)17-3/h4-6,8H,7H2,1-3H3/b13-8-. The first-order chi connectivity index (χ1) is 8.21. The van der Waals surface area contributed by atoms with E-state index in [0.717, 1.165) is 11.8 Å². The normalized spacial score (nSPS) is 10.3. The first-order valence-corrected chi connectivity index (χ1v) is 5.00. The maximum atomic E-state index is 10.8. The lowest BCUT2D eigenvalue weighted by atomic mass is 10.2. The van der Waals surface area contributed by atoms with Crippen LogP contribution in [0.5, 0.6) is 11.5 Å². The van der Waals surface area contributed by atoms with Gasteiger partial charge in [-0.3, -0.25) is 4.99 Å². The van der Waals surface area contributed by atoms with Crippen LogP contribution in [-0.4, -0.2) is 33.5 Å². The predicted molar refractivity (Wildman–Crippen MR) is 63.8 cm³/mol. The Morgan fingerprint density at radius 3 is 2.65 bits per heavy atom. The van der Waals surface area contributed by atoms with Gasteiger partial charge in [-0.1, -0.05) is 0 Å². The zero-order valence-corrected chi connectivity index (χ0v) is 10.1. The van der Waals surface area contributed by atoms with Crippen LogP contribution >= 0.6 is 0 Å². The van der Waals surface area contributed by atoms with Crippen LogP contribution in [0, 0.1) is 0 Å². The van der Waals surface area contributed by atoms with Crippen LogP contribution in [0.15, 0.2) is 23.2 Å². The molecule has 0 heterocycles. The Morgan fingerprint density at radius 1 is 1.29 bits per heavy atom. The molecule has 0 fully saturated rings. The highest BCUT2D eigenvalue weighted by molar-refractivity contribution is 6.23. The van der Waals surface area contributed by atoms with Crippen LogP contribution in [0.25, 0.3) is 0 Å². The van der Waals surface area contributed by atoms with Crippen molar-refractivity contribution in [1.29, 1.82) is 0 Å². The molecule has 0 spiro atoms. The largest absolute Gasteiger partial charge is 0.497 e. The third-order valence-corrected chi connectivity index (χ3v) is 2.15. The lowest BCUT2D eigenvalue weighted by Crippen LogP contribution is -2.01. The molecule has 0 N–H and O–H groups in total. The molecular formula is C12H15NO4. The minimum absolute atomic E-state index is 0.349. The lowest BCUT2D eigenvalue weighted by molar-refractivity contribution is -0.132. The molecule has 0 aliphatic carbocycles. The van der Waals surface area contributed by atoms with E-state index in [-0.39, 0.29) is 0 Å². The van der Waals surface area contributed by atoms with Crippen molar-refractivity contribution in [2.45, 2.75) is 6.54 Å². The fourth-order valence-corrected chi connectivity index (χ4v) is 1.25. The molecule has 0 unspecified atom stereocenters. The van der Waals surface area contributed by atoms with Gasteiger partial charge in [0.25, 0.3) is 0 Å². The average molecular weight is 237 g/mol. The van der Waals surface area contributed by atoms with Gasteiger partial charge in [-0.2, -0.15) is 0 Å². The predicted octanol–water partition coefficient (Wildman–Crippen LogP) is 1.45. The van der Waals surface area contributed by atoms with E-state index in [1.807, 2.05) is 12.1 Å². The SMILES string of the molecule is COC(=O)/C=N\Cc1ccc(OC)cc1OC. The summed E-state index contributed by atoms with van der Waals surface area (Å²) >= 11 is 0. The maximum Gasteiger partial charge on any atom is 0.348 e. The molecule has 0 atom stereocenters. The number of hydrogen-bond acceptors (Lipinski definition) is 5. The van der Waals surface area contributed by atoms with Crippen molar-refractivity contribution in [2.75, 3.05) is 21.3 Å². The van der Waals surface area contributed by atoms with Crippen molar-refractivity contribution < 1.29 is 19.0 Å². The van der Waals surface area contributed by atoms with Crippen LogP contribution in [0.1, 0.15) is 5.56 Å². The van der Waals surface area contributed by atoms with E-state index in [4.69, 9.17) is 9.47 Å². The highest BCUT2D eigenvalue weighted by Gasteiger charge is 2.04. The second-order valence-electron chi connectivity index (χ2n) is 3.17. The number of aliphatic imine (C=N–C) groups is 1. The van der Waals surface area contributed by atoms with E-state index >= 15 is 0 Å². The van der Waals surface area contributed by atoms with Gasteiger partial charge in [0.2, 0.25) is 0 Å². The van der Waals surface area contributed by atoms with Gasteiger partial charge < -0.3 is 14.2 Å². The Kier molecular flexibility index (Phi) is 5.00. The molecule has 0 saturated carbocycles. The molecule has 0 radical (unpaired) electrons. The quantitative estimate of drug-likeness (QED) is 0.574. The van der Waals surface area contributed by atoms with Gasteiger partial charge in [-0.15, -0.1) is 0 Å². The van der Waals surface area contributed by atoms with Crippen LogP contribution in [-0.2, 0) is 16.1 Å². The highest BCUT2D eigenvalue weighted by atomic mass is 16.5. The molecule has 0 aliphatic rings. The highest BCUT2D eigenvalue weighted by Crippen LogP contribution is 2.24. The molecule has 0 saturated heterocycles. The molecule has 0 aliphatic heterocycles. The third kappa shape index (κ3) is 3.79. The maximum absolute atomic E-state index is 10.8. The molecule has 1 aromatic rings. The number of methoxy groups -OCH3 is 3. The Hall–Kier alpha value is -2.04. The number of esters is 1. The topological polar surface area (TPSA) is 57.1 Å². The van der Waals surface area contributed by atoms with Crippen molar-refractivity contribution in [2.24, 2.45) is 4.99 Å². The Labute approximate surface area is 100 Å². The summed E-state index contributed by atoms with van der Waals surface area (Å²) in [6, 6.07) is 5.42. The number of carbonyl (C=O) groups is 1. The first-order valence-electron chi connectivity index (χ1n) is 5.00. The minimum Gasteiger partial charge on any atom is -0.497 e. The molecular weight excluding hydrogens is 222 g/mol. The zero-order valence-electron chi connectivity index (χ0n) is 10.1. The smallest absolute Gasteiger partial charge is 0.348 e. The van der Waals surface area contributed by atoms with Crippen molar-refractivity contribution in [3.05, 3.63) is 23.8 Å². The van der Waals surface area contributed by atoms with E-state index in [1.165, 1.54) is 7.11 Å². The van der Waals surface area contributed by atoms with Crippen molar-refractivity contribution >= 4 is 12.2 Å². The summed E-state index contributed by atoms with van der Waals surface area (Å²) in [7, 11) is 4.47. The summed E-state index contributed by atoms with van der Waals surface area (Å²) < 4.78 is 14.7. The van der Waals surface area contributed by atoms with Gasteiger partial charge in [0.1, 0.15) is 17.7 Å². The van der Waals surface area contributed by atoms with Crippen molar-refractivity contribution in [3.63, 3.8) is 0 Å². The van der Waals surface area contributed by atoms with Crippen molar-refractivity contribution in [1.82, 2.24) is 0 Å². The van der Waals surface area contributed by atoms with Gasteiger partial charge in [-0.05, 0) is 12.1 Å². The Bertz CT molecular complexity index is 415. The number of rotatable bonds is 5. The van der Waals surface area contributed by atoms with Gasteiger partial charge in [0.15, 0.2) is 0 Å². The summed E-state index contributed by atoms with van der Waals surface area (Å²) in [5, 5.41) is 0. The fraction of sp³-hybridized carbons (Fsp3) is 0.333. The second kappa shape index (κ2) is 6.52. The number of ether oxygens (including phenoxy) is 3. The Morgan fingerprint density at radius 2 is 2.06 bits per heavy atom. The molecule has 0 bridgehead atoms. The van der Waals surface area contributed by atoms with Crippen LogP contribution in [0.3, 0.4) is 0 Å². The minimum atomic E-state index is -0.475. The number of hydrogen-bond donors (Lipinski definition) is 0. The van der Waals surface area contributed by atoms with Crippen LogP contribution < -0.4 is 9.47 Å². The van der Waals surface area contributed by atoms with Crippen LogP contribution in [0.4, 0.5) is 0 Å². The summed E-state index contributed by atoms with van der Waals surface area (Å²) in [4.78, 5) is 14.8. The van der Waals surface area contributed by atoms with E-state index < -0.39 is 5.97 Å². The molecule has 92 valence electrons. The Balaban J connectivity index is 2.77. The van der Waals surface area contributed by atoms with Gasteiger partial charge in [0, 0.05) is 11.6 Å². The second-order valence-corrected chi connectivity index (χ2v) is 3.17. The molecule has 5 heteroatoms. The first kappa shape index (κ1) is 13.0. The summed E-state index contributed by atoms with van der Waals surface area (Å²) in [6.45, 7) is 0.349. The summed E-state index contributed by atoms with van der Waals surface area (Å²) in [5.41, 5.74) is 0.869. The van der Waals surface area contributed by atoms with Gasteiger partial charge >= 0.3 is 5.97 Å². The number of carbonyl (C=O) groups excluding carboxylic acids is 1. The lowest BCUT2D eigenvalue weighted by Gasteiger charge is -2.08.